The summed E-state index contributed by atoms with van der Waals surface area (Å²) in [5.74, 6) is 1.65. The highest BCUT2D eigenvalue weighted by molar-refractivity contribution is 5.38. The van der Waals surface area contributed by atoms with Crippen LogP contribution in [0.4, 0.5) is 0 Å². The maximum absolute atomic E-state index is 6.24. The fourth-order valence-corrected chi connectivity index (χ4v) is 2.90. The minimum Gasteiger partial charge on any atom is -0.497 e. The van der Waals surface area contributed by atoms with Crippen LogP contribution in [-0.2, 0) is 17.8 Å². The molecule has 1 atom stereocenters. The van der Waals surface area contributed by atoms with E-state index in [1.165, 1.54) is 30.4 Å². The molecule has 0 fully saturated rings. The van der Waals surface area contributed by atoms with Crippen LogP contribution in [0.5, 0.6) is 11.5 Å². The lowest BCUT2D eigenvalue weighted by Crippen LogP contribution is -2.16. The number of methoxy groups -OCH3 is 2. The van der Waals surface area contributed by atoms with E-state index in [0.717, 1.165) is 24.3 Å². The molecule has 0 aromatic heterocycles. The molecule has 0 aliphatic heterocycles. The molecule has 2 aromatic carbocycles. The van der Waals surface area contributed by atoms with Crippen molar-refractivity contribution in [1.82, 2.24) is 0 Å². The molecule has 0 amide bonds. The van der Waals surface area contributed by atoms with Crippen LogP contribution in [0.1, 0.15) is 43.7 Å². The molecule has 2 rings (SSSR count). The first-order valence-corrected chi connectivity index (χ1v) is 9.12. The molecule has 0 bridgehead atoms. The van der Waals surface area contributed by atoms with Gasteiger partial charge in [-0.3, -0.25) is 0 Å². The summed E-state index contributed by atoms with van der Waals surface area (Å²) in [6, 6.07) is 16.4. The maximum atomic E-state index is 6.24. The van der Waals surface area contributed by atoms with Gasteiger partial charge in [-0.2, -0.15) is 0 Å². The maximum Gasteiger partial charge on any atom is 0.122 e. The number of benzene rings is 2. The second kappa shape index (κ2) is 10.8. The Labute approximate surface area is 151 Å². The average Bonchev–Trinajstić information content (AvgIpc) is 2.66. The van der Waals surface area contributed by atoms with Gasteiger partial charge < -0.3 is 14.2 Å². The van der Waals surface area contributed by atoms with Crippen LogP contribution < -0.4 is 9.47 Å². The summed E-state index contributed by atoms with van der Waals surface area (Å²) >= 11 is 0. The van der Waals surface area contributed by atoms with Gasteiger partial charge in [0.2, 0.25) is 0 Å². The Morgan fingerprint density at radius 2 is 1.52 bits per heavy atom. The molecule has 136 valence electrons. The van der Waals surface area contributed by atoms with Gasteiger partial charge in [0.1, 0.15) is 11.5 Å². The highest BCUT2D eigenvalue weighted by Crippen LogP contribution is 2.25. The lowest BCUT2D eigenvalue weighted by molar-refractivity contribution is 0.0336. The van der Waals surface area contributed by atoms with Crippen molar-refractivity contribution in [2.45, 2.75) is 51.7 Å². The lowest BCUT2D eigenvalue weighted by Gasteiger charge is -2.19. The van der Waals surface area contributed by atoms with Crippen LogP contribution in [0.15, 0.2) is 48.5 Å². The van der Waals surface area contributed by atoms with Crippen molar-refractivity contribution in [2.75, 3.05) is 14.2 Å². The number of rotatable bonds is 11. The van der Waals surface area contributed by atoms with Crippen LogP contribution in [0.3, 0.4) is 0 Å². The number of hydrogen-bond acceptors (Lipinski definition) is 3. The predicted molar refractivity (Wildman–Crippen MR) is 102 cm³/mol. The van der Waals surface area contributed by atoms with Crippen molar-refractivity contribution >= 4 is 0 Å². The highest BCUT2D eigenvalue weighted by atomic mass is 16.5. The fraction of sp³-hybridized carbons (Fsp3) is 0.455. The monoisotopic (exact) mass is 342 g/mol. The molecule has 0 saturated heterocycles. The van der Waals surface area contributed by atoms with Crippen molar-refractivity contribution in [3.8, 4) is 11.5 Å². The van der Waals surface area contributed by atoms with Gasteiger partial charge in [0.15, 0.2) is 0 Å². The van der Waals surface area contributed by atoms with E-state index >= 15 is 0 Å². The Hall–Kier alpha value is -2.00. The first-order chi connectivity index (χ1) is 12.2. The minimum atomic E-state index is 0.198. The molecule has 0 N–H and O–H groups in total. The fourth-order valence-electron chi connectivity index (χ4n) is 2.90. The molecule has 0 radical (unpaired) electrons. The molecule has 25 heavy (non-hydrogen) atoms. The SMILES string of the molecule is CCCCCC(Cc1cc(OC)cc(OC)c1)OCc1ccccc1. The van der Waals surface area contributed by atoms with Gasteiger partial charge in [0.25, 0.3) is 0 Å². The molecule has 0 saturated carbocycles. The van der Waals surface area contributed by atoms with Gasteiger partial charge in [0.05, 0.1) is 26.9 Å². The Morgan fingerprint density at radius 3 is 2.12 bits per heavy atom. The molecule has 2 aromatic rings. The van der Waals surface area contributed by atoms with E-state index in [2.05, 4.69) is 43.3 Å². The summed E-state index contributed by atoms with van der Waals surface area (Å²) in [7, 11) is 3.37. The zero-order chi connectivity index (χ0) is 17.9. The number of hydrogen-bond donors (Lipinski definition) is 0. The molecular formula is C22H30O3. The van der Waals surface area contributed by atoms with Crippen LogP contribution in [0.25, 0.3) is 0 Å². The third kappa shape index (κ3) is 6.79. The van der Waals surface area contributed by atoms with Crippen molar-refractivity contribution in [1.29, 1.82) is 0 Å². The first kappa shape index (κ1) is 19.3. The van der Waals surface area contributed by atoms with Crippen LogP contribution >= 0.6 is 0 Å². The van der Waals surface area contributed by atoms with Gasteiger partial charge in [-0.05, 0) is 36.1 Å². The molecule has 3 nitrogen and oxygen atoms in total. The van der Waals surface area contributed by atoms with Crippen molar-refractivity contribution in [2.24, 2.45) is 0 Å². The molecule has 1 unspecified atom stereocenters. The van der Waals surface area contributed by atoms with E-state index in [4.69, 9.17) is 14.2 Å². The largest absolute Gasteiger partial charge is 0.497 e. The van der Waals surface area contributed by atoms with E-state index in [1.807, 2.05) is 12.1 Å². The summed E-state index contributed by atoms with van der Waals surface area (Å²) in [4.78, 5) is 0. The Bertz CT molecular complexity index is 588. The third-order valence-electron chi connectivity index (χ3n) is 4.33. The predicted octanol–water partition coefficient (Wildman–Crippen LogP) is 5.41. The van der Waals surface area contributed by atoms with E-state index in [-0.39, 0.29) is 6.10 Å². The van der Waals surface area contributed by atoms with Gasteiger partial charge in [-0.25, -0.2) is 0 Å². The van der Waals surface area contributed by atoms with Crippen molar-refractivity contribution in [3.05, 3.63) is 59.7 Å². The van der Waals surface area contributed by atoms with Gasteiger partial charge >= 0.3 is 0 Å². The first-order valence-electron chi connectivity index (χ1n) is 9.12. The third-order valence-corrected chi connectivity index (χ3v) is 4.33. The minimum absolute atomic E-state index is 0.198. The topological polar surface area (TPSA) is 27.7 Å². The Kier molecular flexibility index (Phi) is 8.33. The summed E-state index contributed by atoms with van der Waals surface area (Å²) in [5, 5.41) is 0. The zero-order valence-electron chi connectivity index (χ0n) is 15.7. The second-order valence-electron chi connectivity index (χ2n) is 6.34. The summed E-state index contributed by atoms with van der Waals surface area (Å²) < 4.78 is 17.0. The molecule has 3 heteroatoms. The quantitative estimate of drug-likeness (QED) is 0.511. The second-order valence-corrected chi connectivity index (χ2v) is 6.34. The standard InChI is InChI=1S/C22H30O3/c1-4-5-7-12-20(25-17-18-10-8-6-9-11-18)13-19-14-21(23-2)16-22(15-19)24-3/h6,8-11,14-16,20H,4-5,7,12-13,17H2,1-3H3. The molecule has 0 aliphatic rings. The number of unbranched alkanes of at least 4 members (excludes halogenated alkanes) is 2. The average molecular weight is 342 g/mol. The van der Waals surface area contributed by atoms with E-state index in [1.54, 1.807) is 14.2 Å². The summed E-state index contributed by atoms with van der Waals surface area (Å²) in [5.41, 5.74) is 2.40. The van der Waals surface area contributed by atoms with Gasteiger partial charge in [0, 0.05) is 6.07 Å². The zero-order valence-corrected chi connectivity index (χ0v) is 15.7. The number of ether oxygens (including phenoxy) is 3. The van der Waals surface area contributed by atoms with E-state index in [9.17, 15) is 0 Å². The molecule has 0 heterocycles. The Morgan fingerprint density at radius 1 is 0.840 bits per heavy atom. The summed E-state index contributed by atoms with van der Waals surface area (Å²) in [6.07, 6.45) is 5.79. The van der Waals surface area contributed by atoms with Crippen molar-refractivity contribution < 1.29 is 14.2 Å². The van der Waals surface area contributed by atoms with Crippen molar-refractivity contribution in [3.63, 3.8) is 0 Å². The van der Waals surface area contributed by atoms with Crippen LogP contribution in [0, 0.1) is 0 Å². The normalized spacial score (nSPS) is 12.0. The van der Waals surface area contributed by atoms with Gasteiger partial charge in [-0.1, -0.05) is 56.5 Å². The molecule has 0 spiro atoms. The van der Waals surface area contributed by atoms with Crippen LogP contribution in [0.2, 0.25) is 0 Å². The van der Waals surface area contributed by atoms with Gasteiger partial charge in [-0.15, -0.1) is 0 Å². The highest BCUT2D eigenvalue weighted by Gasteiger charge is 2.12. The van der Waals surface area contributed by atoms with E-state index in [0.29, 0.717) is 6.61 Å². The Balaban J connectivity index is 2.03. The van der Waals surface area contributed by atoms with Crippen LogP contribution in [-0.4, -0.2) is 20.3 Å². The molecular weight excluding hydrogens is 312 g/mol. The molecule has 0 aliphatic carbocycles. The smallest absolute Gasteiger partial charge is 0.122 e. The lowest BCUT2D eigenvalue weighted by atomic mass is 10.0. The summed E-state index contributed by atoms with van der Waals surface area (Å²) in [6.45, 7) is 2.88. The van der Waals surface area contributed by atoms with E-state index < -0.39 is 0 Å².